The molecule has 0 aliphatic carbocycles. The lowest BCUT2D eigenvalue weighted by atomic mass is 10.2. The van der Waals surface area contributed by atoms with Crippen LogP contribution in [-0.4, -0.2) is 21.1 Å². The Morgan fingerprint density at radius 3 is 2.86 bits per heavy atom. The zero-order valence-electron chi connectivity index (χ0n) is 12.2. The molecule has 4 nitrogen and oxygen atoms in total. The van der Waals surface area contributed by atoms with Gasteiger partial charge in [0.05, 0.1) is 11.1 Å². The topological polar surface area (TPSA) is 52.0 Å². The normalized spacial score (nSPS) is 11.2. The lowest BCUT2D eigenvalue weighted by Gasteiger charge is -2.09. The summed E-state index contributed by atoms with van der Waals surface area (Å²) in [6.45, 7) is 4.01. The quantitative estimate of drug-likeness (QED) is 0.517. The first kappa shape index (κ1) is 15.5. The Bertz CT molecular complexity index is 878. The van der Waals surface area contributed by atoms with Crippen LogP contribution in [0.1, 0.15) is 13.8 Å². The number of hydrogen-bond acceptors (Lipinski definition) is 6. The zero-order valence-corrected chi connectivity index (χ0v) is 14.6. The molecular formula is C15H14N2O2S3. The molecule has 0 saturated heterocycles. The van der Waals surface area contributed by atoms with Gasteiger partial charge in [-0.05, 0) is 25.3 Å². The predicted molar refractivity (Wildman–Crippen MR) is 94.3 cm³/mol. The van der Waals surface area contributed by atoms with Crippen molar-refractivity contribution in [1.82, 2.24) is 9.55 Å². The van der Waals surface area contributed by atoms with Gasteiger partial charge in [0.25, 0.3) is 5.56 Å². The number of hydrogen-bond donors (Lipinski definition) is 0. The summed E-state index contributed by atoms with van der Waals surface area (Å²) in [6, 6.07) is 3.99. The third kappa shape index (κ3) is 2.76. The minimum Gasteiger partial charge on any atom is -0.299 e. The maximum Gasteiger partial charge on any atom is 0.263 e. The van der Waals surface area contributed by atoms with Crippen LogP contribution < -0.4 is 5.56 Å². The highest BCUT2D eigenvalue weighted by atomic mass is 32.2. The molecule has 0 N–H and O–H groups in total. The number of aromatic nitrogens is 2. The van der Waals surface area contributed by atoms with Crippen LogP contribution in [0.5, 0.6) is 0 Å². The van der Waals surface area contributed by atoms with Crippen molar-refractivity contribution in [3.05, 3.63) is 33.2 Å². The monoisotopic (exact) mass is 350 g/mol. The molecule has 3 heterocycles. The molecule has 3 rings (SSSR count). The molecule has 0 radical (unpaired) electrons. The van der Waals surface area contributed by atoms with Gasteiger partial charge in [-0.15, -0.1) is 22.7 Å². The maximum atomic E-state index is 12.8. The Morgan fingerprint density at radius 2 is 2.23 bits per heavy atom. The van der Waals surface area contributed by atoms with Gasteiger partial charge in [0.2, 0.25) is 0 Å². The van der Waals surface area contributed by atoms with E-state index in [1.807, 2.05) is 29.8 Å². The van der Waals surface area contributed by atoms with Crippen LogP contribution in [0.3, 0.4) is 0 Å². The summed E-state index contributed by atoms with van der Waals surface area (Å²) < 4.78 is 1.65. The second-order valence-corrected chi connectivity index (χ2v) is 7.49. The second-order valence-electron chi connectivity index (χ2n) is 4.74. The lowest BCUT2D eigenvalue weighted by Crippen LogP contribution is -2.22. The van der Waals surface area contributed by atoms with Crippen molar-refractivity contribution >= 4 is 50.4 Å². The average Bonchev–Trinajstić information content (AvgIpc) is 3.13. The van der Waals surface area contributed by atoms with E-state index in [0.29, 0.717) is 22.8 Å². The summed E-state index contributed by atoms with van der Waals surface area (Å²) in [6.07, 6.45) is 0. The fraction of sp³-hybridized carbons (Fsp3) is 0.267. The first-order valence-corrected chi connectivity index (χ1v) is 9.54. The van der Waals surface area contributed by atoms with Gasteiger partial charge in [-0.25, -0.2) is 4.98 Å². The molecule has 22 heavy (non-hydrogen) atoms. The number of thiophene rings is 2. The highest BCUT2D eigenvalue weighted by Gasteiger charge is 2.17. The average molecular weight is 350 g/mol. The molecule has 0 unspecified atom stereocenters. The van der Waals surface area contributed by atoms with Crippen LogP contribution in [0, 0.1) is 0 Å². The number of ketones is 1. The number of Topliss-reactive ketones (excluding diaryl/α,β-unsaturated/α-hetero) is 1. The second kappa shape index (κ2) is 6.36. The van der Waals surface area contributed by atoms with Crippen molar-refractivity contribution in [2.24, 2.45) is 0 Å². The highest BCUT2D eigenvalue weighted by molar-refractivity contribution is 7.99. The van der Waals surface area contributed by atoms with E-state index in [2.05, 4.69) is 4.98 Å². The summed E-state index contributed by atoms with van der Waals surface area (Å²) >= 11 is 4.42. The van der Waals surface area contributed by atoms with Crippen molar-refractivity contribution < 1.29 is 4.79 Å². The fourth-order valence-corrected chi connectivity index (χ4v) is 4.84. The Hall–Kier alpha value is -1.44. The van der Waals surface area contributed by atoms with E-state index in [1.165, 1.54) is 23.1 Å². The Kier molecular flexibility index (Phi) is 4.46. The van der Waals surface area contributed by atoms with Crippen LogP contribution in [0.25, 0.3) is 20.7 Å². The van der Waals surface area contributed by atoms with Crippen LogP contribution in [-0.2, 0) is 11.3 Å². The third-order valence-corrected chi connectivity index (χ3v) is 6.06. The molecule has 0 atom stereocenters. The predicted octanol–water partition coefficient (Wildman–Crippen LogP) is 3.89. The molecular weight excluding hydrogens is 336 g/mol. The standard InChI is InChI=1S/C15H14N2O2S3/c1-3-17-14(19)12-10(11-5-4-6-20-11)8-21-13(12)16-15(17)22-7-9(2)18/h4-6,8H,3,7H2,1-2H3. The van der Waals surface area contributed by atoms with Crippen LogP contribution in [0.4, 0.5) is 0 Å². The largest absolute Gasteiger partial charge is 0.299 e. The molecule has 0 amide bonds. The van der Waals surface area contributed by atoms with Gasteiger partial charge in [-0.2, -0.15) is 0 Å². The maximum absolute atomic E-state index is 12.8. The summed E-state index contributed by atoms with van der Waals surface area (Å²) in [5.41, 5.74) is 0.931. The summed E-state index contributed by atoms with van der Waals surface area (Å²) in [5.74, 6) is 0.411. The molecule has 114 valence electrons. The van der Waals surface area contributed by atoms with Gasteiger partial charge in [-0.3, -0.25) is 14.2 Å². The lowest BCUT2D eigenvalue weighted by molar-refractivity contribution is -0.114. The fourth-order valence-electron chi connectivity index (χ4n) is 2.17. The van der Waals surface area contributed by atoms with E-state index in [1.54, 1.807) is 22.8 Å². The molecule has 0 fully saturated rings. The van der Waals surface area contributed by atoms with Gasteiger partial charge in [0, 0.05) is 22.4 Å². The molecule has 0 saturated carbocycles. The molecule has 0 bridgehead atoms. The number of rotatable bonds is 5. The van der Waals surface area contributed by atoms with Crippen molar-refractivity contribution in [2.45, 2.75) is 25.5 Å². The van der Waals surface area contributed by atoms with Gasteiger partial charge >= 0.3 is 0 Å². The molecule has 0 aliphatic heterocycles. The first-order valence-electron chi connectivity index (χ1n) is 6.80. The van der Waals surface area contributed by atoms with Crippen molar-refractivity contribution in [1.29, 1.82) is 0 Å². The molecule has 0 aliphatic rings. The minimum absolute atomic E-state index is 0.0248. The molecule has 3 aromatic rings. The van der Waals surface area contributed by atoms with E-state index in [0.717, 1.165) is 15.3 Å². The Morgan fingerprint density at radius 1 is 1.41 bits per heavy atom. The van der Waals surface area contributed by atoms with Crippen molar-refractivity contribution in [3.8, 4) is 10.4 Å². The van der Waals surface area contributed by atoms with Crippen LogP contribution >= 0.6 is 34.4 Å². The summed E-state index contributed by atoms with van der Waals surface area (Å²) in [7, 11) is 0. The van der Waals surface area contributed by atoms with E-state index in [9.17, 15) is 9.59 Å². The van der Waals surface area contributed by atoms with Crippen LogP contribution in [0.15, 0.2) is 32.8 Å². The summed E-state index contributed by atoms with van der Waals surface area (Å²) in [5, 5.41) is 5.29. The molecule has 3 aromatic heterocycles. The van der Waals surface area contributed by atoms with E-state index in [4.69, 9.17) is 0 Å². The van der Waals surface area contributed by atoms with Gasteiger partial charge < -0.3 is 0 Å². The number of carbonyl (C=O) groups excluding carboxylic acids is 1. The van der Waals surface area contributed by atoms with Gasteiger partial charge in [0.1, 0.15) is 10.6 Å². The Balaban J connectivity index is 2.18. The van der Waals surface area contributed by atoms with Crippen molar-refractivity contribution in [2.75, 3.05) is 5.75 Å². The number of carbonyl (C=O) groups is 1. The van der Waals surface area contributed by atoms with E-state index in [-0.39, 0.29) is 11.3 Å². The third-order valence-electron chi connectivity index (χ3n) is 3.17. The minimum atomic E-state index is -0.0248. The molecule has 0 spiro atoms. The van der Waals surface area contributed by atoms with Gasteiger partial charge in [0.15, 0.2) is 5.16 Å². The molecule has 0 aromatic carbocycles. The molecule has 7 heteroatoms. The number of nitrogens with zero attached hydrogens (tertiary/aromatic N) is 2. The van der Waals surface area contributed by atoms with Crippen LogP contribution in [0.2, 0.25) is 0 Å². The summed E-state index contributed by atoms with van der Waals surface area (Å²) in [4.78, 5) is 30.5. The SMILES string of the molecule is CCn1c(SCC(C)=O)nc2scc(-c3cccs3)c2c1=O. The zero-order chi connectivity index (χ0) is 15.7. The smallest absolute Gasteiger partial charge is 0.263 e. The van der Waals surface area contributed by atoms with E-state index < -0.39 is 0 Å². The van der Waals surface area contributed by atoms with Gasteiger partial charge in [-0.1, -0.05) is 17.8 Å². The first-order chi connectivity index (χ1) is 10.6. The van der Waals surface area contributed by atoms with Crippen molar-refractivity contribution in [3.63, 3.8) is 0 Å². The highest BCUT2D eigenvalue weighted by Crippen LogP contribution is 2.34. The Labute approximate surface area is 139 Å². The number of thioether (sulfide) groups is 1. The number of fused-ring (bicyclic) bond motifs is 1. The van der Waals surface area contributed by atoms with E-state index >= 15 is 0 Å².